The largest absolute Gasteiger partial charge is 0.480 e. The smallest absolute Gasteiger partial charge is 0.405 e. The number of nitrogens with two attached hydrogens (primary N) is 1. The number of benzene rings is 1. The predicted molar refractivity (Wildman–Crippen MR) is 82.1 cm³/mol. The van der Waals surface area contributed by atoms with Crippen LogP contribution in [0, 0.1) is 11.6 Å². The monoisotopic (exact) mass is 348 g/mol. The molecule has 5 N–H and O–H groups in total. The van der Waals surface area contributed by atoms with Crippen molar-refractivity contribution in [3.8, 4) is 0 Å². The molecule has 0 unspecified atom stereocenters. The maximum absolute atomic E-state index is 13.1. The Bertz CT molecular complexity index is 561. The summed E-state index contributed by atoms with van der Waals surface area (Å²) in [5, 5.41) is 19.7. The lowest BCUT2D eigenvalue weighted by Crippen LogP contribution is -2.39. The molecular formula is C15H22F2N2O5. The number of carboxylic acids is 1. The summed E-state index contributed by atoms with van der Waals surface area (Å²) in [4.78, 5) is 20.5. The number of aliphatic hydroxyl groups excluding tert-OH is 1. The zero-order chi connectivity index (χ0) is 18.9. The first-order chi connectivity index (χ1) is 11.0. The fourth-order valence-electron chi connectivity index (χ4n) is 1.44. The van der Waals surface area contributed by atoms with Gasteiger partial charge in [-0.3, -0.25) is 10.1 Å². The van der Waals surface area contributed by atoms with Crippen molar-refractivity contribution < 1.29 is 33.3 Å². The molecule has 7 nitrogen and oxygen atoms in total. The number of carboxylic acid groups (broad SMARTS) is 1. The molecule has 0 saturated carbocycles. The lowest BCUT2D eigenvalue weighted by Gasteiger charge is -2.16. The van der Waals surface area contributed by atoms with Crippen LogP contribution in [0.2, 0.25) is 0 Å². The molecule has 0 aliphatic heterocycles. The molecule has 0 heterocycles. The van der Waals surface area contributed by atoms with E-state index in [4.69, 9.17) is 15.9 Å². The molecular weight excluding hydrogens is 326 g/mol. The fourth-order valence-corrected chi connectivity index (χ4v) is 1.44. The summed E-state index contributed by atoms with van der Waals surface area (Å²) in [5.41, 5.74) is 4.28. The van der Waals surface area contributed by atoms with Crippen LogP contribution in [0.5, 0.6) is 0 Å². The average molecular weight is 348 g/mol. The van der Waals surface area contributed by atoms with E-state index in [9.17, 15) is 18.4 Å². The summed E-state index contributed by atoms with van der Waals surface area (Å²) in [6, 6.07) is 1.71. The van der Waals surface area contributed by atoms with Gasteiger partial charge in [-0.15, -0.1) is 0 Å². The third-order valence-corrected chi connectivity index (χ3v) is 2.43. The molecule has 0 spiro atoms. The SMILES string of the molecule is CC(C)(C)OC(N)=O.O=C(O)[C@@H](CO)NCc1cc(F)ccc1F. The predicted octanol–water partition coefficient (Wildman–Crippen LogP) is 1.38. The molecule has 136 valence electrons. The molecule has 0 radical (unpaired) electrons. The van der Waals surface area contributed by atoms with Crippen LogP contribution in [-0.4, -0.2) is 40.5 Å². The minimum absolute atomic E-state index is 0.0136. The van der Waals surface area contributed by atoms with Gasteiger partial charge in [0, 0.05) is 12.1 Å². The van der Waals surface area contributed by atoms with Crippen molar-refractivity contribution in [3.05, 3.63) is 35.4 Å². The summed E-state index contributed by atoms with van der Waals surface area (Å²) < 4.78 is 30.4. The Morgan fingerprint density at radius 3 is 2.29 bits per heavy atom. The number of rotatable bonds is 5. The highest BCUT2D eigenvalue weighted by molar-refractivity contribution is 5.73. The highest BCUT2D eigenvalue weighted by Crippen LogP contribution is 2.09. The van der Waals surface area contributed by atoms with E-state index >= 15 is 0 Å². The number of aliphatic hydroxyl groups is 1. The number of carbonyl (C=O) groups excluding carboxylic acids is 1. The molecule has 0 saturated heterocycles. The Kier molecular flexibility index (Phi) is 8.86. The van der Waals surface area contributed by atoms with Crippen LogP contribution in [0.3, 0.4) is 0 Å². The zero-order valence-corrected chi connectivity index (χ0v) is 13.7. The summed E-state index contributed by atoms with van der Waals surface area (Å²) in [6.07, 6.45) is -0.725. The maximum Gasteiger partial charge on any atom is 0.405 e. The molecule has 1 atom stereocenters. The molecule has 1 rings (SSSR count). The molecule has 1 amide bonds. The average Bonchev–Trinajstić information content (AvgIpc) is 2.40. The first-order valence-corrected chi connectivity index (χ1v) is 6.95. The van der Waals surface area contributed by atoms with Crippen molar-refractivity contribution in [1.82, 2.24) is 5.32 Å². The van der Waals surface area contributed by atoms with Crippen LogP contribution < -0.4 is 11.1 Å². The van der Waals surface area contributed by atoms with Gasteiger partial charge in [0.1, 0.15) is 23.3 Å². The fraction of sp³-hybridized carbons (Fsp3) is 0.467. The second-order valence-corrected chi connectivity index (χ2v) is 5.72. The number of aliphatic carboxylic acids is 1. The highest BCUT2D eigenvalue weighted by Gasteiger charge is 2.16. The standard InChI is InChI=1S/C10H11F2NO3.C5H11NO2/c11-7-1-2-8(12)6(3-7)4-13-9(5-14)10(15)16;1-5(2,3)8-4(6)7/h1-3,9,13-14H,4-5H2,(H,15,16);1-3H3,(H2,6,7)/t9-;/m1./s1. The topological polar surface area (TPSA) is 122 Å². The van der Waals surface area contributed by atoms with Crippen LogP contribution >= 0.6 is 0 Å². The molecule has 0 aromatic heterocycles. The molecule has 24 heavy (non-hydrogen) atoms. The summed E-state index contributed by atoms with van der Waals surface area (Å²) >= 11 is 0. The van der Waals surface area contributed by atoms with Crippen molar-refractivity contribution in [1.29, 1.82) is 0 Å². The second-order valence-electron chi connectivity index (χ2n) is 5.72. The summed E-state index contributed by atoms with van der Waals surface area (Å²) in [5.74, 6) is -2.48. The zero-order valence-electron chi connectivity index (χ0n) is 13.7. The van der Waals surface area contributed by atoms with Crippen LogP contribution in [-0.2, 0) is 16.1 Å². The third kappa shape index (κ3) is 9.70. The third-order valence-electron chi connectivity index (χ3n) is 2.43. The van der Waals surface area contributed by atoms with Gasteiger partial charge < -0.3 is 20.7 Å². The van der Waals surface area contributed by atoms with Crippen LogP contribution in [0.1, 0.15) is 26.3 Å². The van der Waals surface area contributed by atoms with Crippen LogP contribution in [0.25, 0.3) is 0 Å². The summed E-state index contributed by atoms with van der Waals surface area (Å²) in [6.45, 7) is 4.50. The van der Waals surface area contributed by atoms with Gasteiger partial charge in [0.05, 0.1) is 6.61 Å². The van der Waals surface area contributed by atoms with Gasteiger partial charge in [-0.05, 0) is 39.0 Å². The van der Waals surface area contributed by atoms with Gasteiger partial charge in [0.15, 0.2) is 0 Å². The Balaban J connectivity index is 0.000000561. The first-order valence-electron chi connectivity index (χ1n) is 6.95. The Morgan fingerprint density at radius 2 is 1.92 bits per heavy atom. The van der Waals surface area contributed by atoms with Crippen molar-refractivity contribution >= 4 is 12.1 Å². The quantitative estimate of drug-likeness (QED) is 0.638. The van der Waals surface area contributed by atoms with E-state index in [2.05, 4.69) is 10.1 Å². The van der Waals surface area contributed by atoms with Crippen molar-refractivity contribution in [2.45, 2.75) is 39.0 Å². The van der Waals surface area contributed by atoms with Gasteiger partial charge in [0.2, 0.25) is 0 Å². The molecule has 0 fully saturated rings. The Morgan fingerprint density at radius 1 is 1.33 bits per heavy atom. The van der Waals surface area contributed by atoms with Crippen LogP contribution in [0.4, 0.5) is 13.6 Å². The highest BCUT2D eigenvalue weighted by atomic mass is 19.1. The minimum atomic E-state index is -1.25. The van der Waals surface area contributed by atoms with Gasteiger partial charge in [-0.2, -0.15) is 0 Å². The lowest BCUT2D eigenvalue weighted by atomic mass is 10.2. The molecule has 9 heteroatoms. The van der Waals surface area contributed by atoms with E-state index in [1.807, 2.05) is 0 Å². The van der Waals surface area contributed by atoms with E-state index in [1.165, 1.54) is 0 Å². The minimum Gasteiger partial charge on any atom is -0.480 e. The number of hydrogen-bond donors (Lipinski definition) is 4. The van der Waals surface area contributed by atoms with E-state index in [0.29, 0.717) is 0 Å². The summed E-state index contributed by atoms with van der Waals surface area (Å²) in [7, 11) is 0. The number of hydrogen-bond acceptors (Lipinski definition) is 5. The number of amides is 1. The van der Waals surface area contributed by atoms with E-state index < -0.39 is 41.9 Å². The molecule has 1 aromatic carbocycles. The number of primary amides is 1. The van der Waals surface area contributed by atoms with Crippen molar-refractivity contribution in [3.63, 3.8) is 0 Å². The van der Waals surface area contributed by atoms with Crippen LogP contribution in [0.15, 0.2) is 18.2 Å². The van der Waals surface area contributed by atoms with Gasteiger partial charge >= 0.3 is 12.1 Å². The maximum atomic E-state index is 13.1. The molecule has 0 aliphatic carbocycles. The first kappa shape index (κ1) is 21.7. The van der Waals surface area contributed by atoms with Gasteiger partial charge in [0.25, 0.3) is 0 Å². The van der Waals surface area contributed by atoms with Crippen molar-refractivity contribution in [2.75, 3.05) is 6.61 Å². The molecule has 0 bridgehead atoms. The van der Waals surface area contributed by atoms with E-state index in [1.54, 1.807) is 20.8 Å². The number of carbonyl (C=O) groups is 2. The van der Waals surface area contributed by atoms with Gasteiger partial charge in [-0.1, -0.05) is 0 Å². The van der Waals surface area contributed by atoms with Gasteiger partial charge in [-0.25, -0.2) is 13.6 Å². The number of nitrogens with one attached hydrogen (secondary N) is 1. The molecule has 0 aliphatic rings. The molecule has 1 aromatic rings. The Labute approximate surface area is 138 Å². The van der Waals surface area contributed by atoms with E-state index in [-0.39, 0.29) is 12.1 Å². The second kappa shape index (κ2) is 9.78. The number of halogens is 2. The van der Waals surface area contributed by atoms with E-state index in [0.717, 1.165) is 18.2 Å². The van der Waals surface area contributed by atoms with Crippen molar-refractivity contribution in [2.24, 2.45) is 5.73 Å². The number of ether oxygens (including phenoxy) is 1. The lowest BCUT2D eigenvalue weighted by molar-refractivity contribution is -0.140. The normalized spacial score (nSPS) is 11.9. The Hall–Kier alpha value is -2.26.